The number of benzene rings is 1. The summed E-state index contributed by atoms with van der Waals surface area (Å²) < 4.78 is 6.14. The first-order valence-corrected chi connectivity index (χ1v) is 10.5. The zero-order valence-corrected chi connectivity index (χ0v) is 17.1. The number of hydrogen-bond acceptors (Lipinski definition) is 5. The average molecular weight is 412 g/mol. The molecule has 0 aromatic heterocycles. The molecule has 0 saturated carbocycles. The molecular formula is C22H28N4O4. The summed E-state index contributed by atoms with van der Waals surface area (Å²) in [6.07, 6.45) is 2.92. The molecule has 0 aliphatic carbocycles. The molecule has 4 rings (SSSR count). The lowest BCUT2D eigenvalue weighted by molar-refractivity contribution is -0.141. The molecular weight excluding hydrogens is 384 g/mol. The van der Waals surface area contributed by atoms with Crippen molar-refractivity contribution in [3.05, 3.63) is 42.5 Å². The van der Waals surface area contributed by atoms with Crippen molar-refractivity contribution in [1.82, 2.24) is 20.0 Å². The number of para-hydroxylation sites is 1. The Kier molecular flexibility index (Phi) is 5.76. The zero-order valence-electron chi connectivity index (χ0n) is 17.1. The SMILES string of the molecule is C=CCN1CCN(C(=O)CN2CCC3(CCC2=O)NC(=O)c2ccccc2O3)CC1. The monoisotopic (exact) mass is 412 g/mol. The summed E-state index contributed by atoms with van der Waals surface area (Å²) in [4.78, 5) is 43.7. The molecule has 3 amide bonds. The minimum Gasteiger partial charge on any atom is -0.467 e. The molecule has 8 nitrogen and oxygen atoms in total. The van der Waals surface area contributed by atoms with Crippen molar-refractivity contribution in [2.24, 2.45) is 0 Å². The number of likely N-dealkylation sites (tertiary alicyclic amines) is 1. The van der Waals surface area contributed by atoms with Gasteiger partial charge in [-0.15, -0.1) is 6.58 Å². The number of nitrogens with zero attached hydrogens (tertiary/aromatic N) is 3. The lowest BCUT2D eigenvalue weighted by atomic mass is 10.0. The molecule has 2 fully saturated rings. The molecule has 30 heavy (non-hydrogen) atoms. The van der Waals surface area contributed by atoms with Gasteiger partial charge in [0.1, 0.15) is 5.75 Å². The average Bonchev–Trinajstić information content (AvgIpc) is 2.89. The van der Waals surface area contributed by atoms with Crippen LogP contribution >= 0.6 is 0 Å². The molecule has 0 bridgehead atoms. The normalized spacial score (nSPS) is 24.7. The van der Waals surface area contributed by atoms with Crippen LogP contribution in [0.5, 0.6) is 5.75 Å². The fourth-order valence-corrected chi connectivity index (χ4v) is 4.31. The summed E-state index contributed by atoms with van der Waals surface area (Å²) in [6, 6.07) is 7.11. The molecule has 1 atom stereocenters. The van der Waals surface area contributed by atoms with Gasteiger partial charge >= 0.3 is 0 Å². The third-order valence-electron chi connectivity index (χ3n) is 6.10. The fourth-order valence-electron chi connectivity index (χ4n) is 4.31. The first-order valence-electron chi connectivity index (χ1n) is 10.5. The largest absolute Gasteiger partial charge is 0.467 e. The Hall–Kier alpha value is -2.87. The fraction of sp³-hybridized carbons (Fsp3) is 0.500. The topological polar surface area (TPSA) is 82.2 Å². The number of amides is 3. The highest BCUT2D eigenvalue weighted by Crippen LogP contribution is 2.33. The van der Waals surface area contributed by atoms with Gasteiger partial charge in [0.25, 0.3) is 5.91 Å². The van der Waals surface area contributed by atoms with Gasteiger partial charge in [-0.3, -0.25) is 19.3 Å². The van der Waals surface area contributed by atoms with Gasteiger partial charge < -0.3 is 19.9 Å². The second-order valence-electron chi connectivity index (χ2n) is 8.08. The Labute approximate surface area is 176 Å². The molecule has 1 spiro atoms. The van der Waals surface area contributed by atoms with Gasteiger partial charge in [0.05, 0.1) is 12.1 Å². The van der Waals surface area contributed by atoms with Gasteiger partial charge in [-0.25, -0.2) is 0 Å². The van der Waals surface area contributed by atoms with Crippen LogP contribution in [0.4, 0.5) is 0 Å². The third-order valence-corrected chi connectivity index (χ3v) is 6.10. The van der Waals surface area contributed by atoms with E-state index in [1.165, 1.54) is 0 Å². The minimum atomic E-state index is -0.908. The van der Waals surface area contributed by atoms with Gasteiger partial charge in [0.15, 0.2) is 5.72 Å². The highest BCUT2D eigenvalue weighted by molar-refractivity contribution is 5.98. The van der Waals surface area contributed by atoms with Crippen molar-refractivity contribution in [3.63, 3.8) is 0 Å². The summed E-state index contributed by atoms with van der Waals surface area (Å²) in [5.74, 6) is 0.237. The quantitative estimate of drug-likeness (QED) is 0.742. The standard InChI is InChI=1S/C22H28N4O4/c1-2-10-24-12-14-25(15-13-24)20(28)16-26-11-9-22(8-7-19(26)27)23-21(29)17-5-3-4-6-18(17)30-22/h2-6H,1,7-16H2,(H,23,29). The summed E-state index contributed by atoms with van der Waals surface area (Å²) in [5.41, 5.74) is -0.406. The van der Waals surface area contributed by atoms with E-state index < -0.39 is 5.72 Å². The van der Waals surface area contributed by atoms with Crippen LogP contribution < -0.4 is 10.1 Å². The number of rotatable bonds is 4. The van der Waals surface area contributed by atoms with Crippen LogP contribution in [0.15, 0.2) is 36.9 Å². The third kappa shape index (κ3) is 4.18. The summed E-state index contributed by atoms with van der Waals surface area (Å²) in [7, 11) is 0. The molecule has 0 radical (unpaired) electrons. The second-order valence-corrected chi connectivity index (χ2v) is 8.08. The Morgan fingerprint density at radius 3 is 2.67 bits per heavy atom. The maximum Gasteiger partial charge on any atom is 0.258 e. The minimum absolute atomic E-state index is 0.0310. The number of fused-ring (bicyclic) bond motifs is 1. The number of hydrogen-bond donors (Lipinski definition) is 1. The zero-order chi connectivity index (χ0) is 21.1. The lowest BCUT2D eigenvalue weighted by Gasteiger charge is -2.38. The molecule has 3 aliphatic rings. The van der Waals surface area contributed by atoms with Crippen LogP contribution in [0.25, 0.3) is 0 Å². The van der Waals surface area contributed by atoms with Crippen LogP contribution in [0.1, 0.15) is 29.6 Å². The van der Waals surface area contributed by atoms with E-state index in [9.17, 15) is 14.4 Å². The Morgan fingerprint density at radius 2 is 1.90 bits per heavy atom. The molecule has 3 aliphatic heterocycles. The van der Waals surface area contributed by atoms with E-state index in [0.717, 1.165) is 19.6 Å². The number of nitrogens with one attached hydrogen (secondary N) is 1. The van der Waals surface area contributed by atoms with E-state index in [0.29, 0.717) is 43.8 Å². The summed E-state index contributed by atoms with van der Waals surface area (Å²) >= 11 is 0. The molecule has 1 unspecified atom stereocenters. The second kappa shape index (κ2) is 8.47. The molecule has 1 aromatic carbocycles. The highest BCUT2D eigenvalue weighted by Gasteiger charge is 2.42. The molecule has 8 heteroatoms. The van der Waals surface area contributed by atoms with Crippen LogP contribution in [-0.2, 0) is 9.59 Å². The van der Waals surface area contributed by atoms with E-state index in [1.54, 1.807) is 23.1 Å². The van der Waals surface area contributed by atoms with E-state index in [1.807, 2.05) is 17.0 Å². The van der Waals surface area contributed by atoms with E-state index in [-0.39, 0.29) is 30.7 Å². The first kappa shape index (κ1) is 20.4. The van der Waals surface area contributed by atoms with Crippen LogP contribution in [0.3, 0.4) is 0 Å². The van der Waals surface area contributed by atoms with Gasteiger partial charge in [0, 0.05) is 58.5 Å². The summed E-state index contributed by atoms with van der Waals surface area (Å²) in [6.45, 7) is 7.96. The van der Waals surface area contributed by atoms with E-state index in [2.05, 4.69) is 16.8 Å². The molecule has 2 saturated heterocycles. The maximum atomic E-state index is 12.8. The number of piperazine rings is 1. The highest BCUT2D eigenvalue weighted by atomic mass is 16.5. The Morgan fingerprint density at radius 1 is 1.13 bits per heavy atom. The molecule has 1 N–H and O–H groups in total. The van der Waals surface area contributed by atoms with Crippen molar-refractivity contribution >= 4 is 17.7 Å². The number of ether oxygens (including phenoxy) is 1. The van der Waals surface area contributed by atoms with Gasteiger partial charge in [-0.2, -0.15) is 0 Å². The van der Waals surface area contributed by atoms with Crippen molar-refractivity contribution in [2.75, 3.05) is 45.8 Å². The summed E-state index contributed by atoms with van der Waals surface area (Å²) in [5, 5.41) is 2.95. The van der Waals surface area contributed by atoms with Crippen LogP contribution in [0, 0.1) is 0 Å². The van der Waals surface area contributed by atoms with Crippen molar-refractivity contribution in [2.45, 2.75) is 25.0 Å². The predicted molar refractivity (Wildman–Crippen MR) is 111 cm³/mol. The van der Waals surface area contributed by atoms with E-state index >= 15 is 0 Å². The van der Waals surface area contributed by atoms with Crippen LogP contribution in [0.2, 0.25) is 0 Å². The molecule has 1 aromatic rings. The molecule has 160 valence electrons. The number of carbonyl (C=O) groups excluding carboxylic acids is 3. The van der Waals surface area contributed by atoms with Crippen molar-refractivity contribution < 1.29 is 19.1 Å². The Balaban J connectivity index is 1.37. The predicted octanol–water partition coefficient (Wildman–Crippen LogP) is 0.848. The van der Waals surface area contributed by atoms with Crippen molar-refractivity contribution in [1.29, 1.82) is 0 Å². The smallest absolute Gasteiger partial charge is 0.258 e. The number of carbonyl (C=O) groups is 3. The van der Waals surface area contributed by atoms with E-state index in [4.69, 9.17) is 4.74 Å². The maximum absolute atomic E-state index is 12.8. The lowest BCUT2D eigenvalue weighted by Crippen LogP contribution is -2.56. The Bertz CT molecular complexity index is 849. The molecule has 3 heterocycles. The van der Waals surface area contributed by atoms with Crippen molar-refractivity contribution in [3.8, 4) is 5.75 Å². The first-order chi connectivity index (χ1) is 14.5. The van der Waals surface area contributed by atoms with Crippen LogP contribution in [-0.4, -0.2) is 84.0 Å². The van der Waals surface area contributed by atoms with Gasteiger partial charge in [0.2, 0.25) is 11.8 Å². The van der Waals surface area contributed by atoms with Gasteiger partial charge in [-0.1, -0.05) is 18.2 Å². The van der Waals surface area contributed by atoms with Gasteiger partial charge in [-0.05, 0) is 12.1 Å².